The molecule has 74 valence electrons. The molecule has 1 aromatic rings. The summed E-state index contributed by atoms with van der Waals surface area (Å²) in [6.45, 7) is 2.51. The van der Waals surface area contributed by atoms with Gasteiger partial charge in [0.2, 0.25) is 0 Å². The fraction of sp³-hybridized carbons (Fsp3) is 0.200. The van der Waals surface area contributed by atoms with Crippen LogP contribution in [-0.2, 0) is 0 Å². The van der Waals surface area contributed by atoms with Crippen LogP contribution in [-0.4, -0.2) is 22.6 Å². The van der Waals surface area contributed by atoms with Gasteiger partial charge in [0.1, 0.15) is 0 Å². The lowest BCUT2D eigenvalue weighted by molar-refractivity contribution is 0.0691. The number of carbonyl (C=O) groups is 1. The molecule has 0 aliphatic carbocycles. The molecule has 0 bridgehead atoms. The van der Waals surface area contributed by atoms with Crippen LogP contribution in [0.2, 0.25) is 0 Å². The summed E-state index contributed by atoms with van der Waals surface area (Å²) in [7, 11) is 0. The van der Waals surface area contributed by atoms with Crippen molar-refractivity contribution in [3.05, 3.63) is 36.2 Å². The van der Waals surface area contributed by atoms with E-state index >= 15 is 0 Å². The van der Waals surface area contributed by atoms with E-state index in [-0.39, 0.29) is 5.69 Å². The number of carboxylic acids is 1. The van der Waals surface area contributed by atoms with Gasteiger partial charge in [0, 0.05) is 12.7 Å². The largest absolute Gasteiger partial charge is 0.476 e. The van der Waals surface area contributed by atoms with Crippen molar-refractivity contribution in [2.75, 3.05) is 11.9 Å². The molecule has 0 aliphatic rings. The number of pyridine rings is 1. The minimum Gasteiger partial charge on any atom is -0.476 e. The molecule has 2 N–H and O–H groups in total. The van der Waals surface area contributed by atoms with Crippen LogP contribution in [0.25, 0.3) is 0 Å². The number of hydrogen-bond acceptors (Lipinski definition) is 3. The molecule has 0 saturated carbocycles. The molecule has 0 unspecified atom stereocenters. The molecule has 1 heterocycles. The summed E-state index contributed by atoms with van der Waals surface area (Å²) in [4.78, 5) is 14.5. The van der Waals surface area contributed by atoms with Crippen LogP contribution in [0.1, 0.15) is 17.4 Å². The van der Waals surface area contributed by atoms with Gasteiger partial charge in [-0.2, -0.15) is 0 Å². The SMILES string of the molecule is C/C=C/CNc1cccnc1C(=O)O. The van der Waals surface area contributed by atoms with Gasteiger partial charge in [0.05, 0.1) is 5.69 Å². The number of nitrogens with zero attached hydrogens (tertiary/aromatic N) is 1. The zero-order chi connectivity index (χ0) is 10.4. The highest BCUT2D eigenvalue weighted by molar-refractivity contribution is 5.91. The molecule has 1 aromatic heterocycles. The summed E-state index contributed by atoms with van der Waals surface area (Å²) in [6, 6.07) is 3.39. The molecule has 4 nitrogen and oxygen atoms in total. The van der Waals surface area contributed by atoms with Crippen LogP contribution >= 0.6 is 0 Å². The maximum atomic E-state index is 10.7. The topological polar surface area (TPSA) is 62.2 Å². The number of aromatic carboxylic acids is 1. The number of aromatic nitrogens is 1. The molecule has 0 atom stereocenters. The Morgan fingerprint density at radius 3 is 3.14 bits per heavy atom. The van der Waals surface area contributed by atoms with E-state index in [2.05, 4.69) is 10.3 Å². The number of hydrogen-bond donors (Lipinski definition) is 2. The van der Waals surface area contributed by atoms with E-state index in [0.717, 1.165) is 0 Å². The normalized spacial score (nSPS) is 10.4. The van der Waals surface area contributed by atoms with E-state index in [4.69, 9.17) is 5.11 Å². The zero-order valence-electron chi connectivity index (χ0n) is 7.90. The lowest BCUT2D eigenvalue weighted by Gasteiger charge is -2.05. The number of carboxylic acid groups (broad SMARTS) is 1. The third kappa shape index (κ3) is 2.58. The second-order valence-electron chi connectivity index (χ2n) is 2.65. The number of rotatable bonds is 4. The molecule has 0 aliphatic heterocycles. The standard InChI is InChI=1S/C10H12N2O2/c1-2-3-6-11-8-5-4-7-12-9(8)10(13)14/h2-5,7,11H,6H2,1H3,(H,13,14)/b3-2+. The number of nitrogens with one attached hydrogen (secondary N) is 1. The third-order valence-electron chi connectivity index (χ3n) is 1.66. The van der Waals surface area contributed by atoms with Gasteiger partial charge in [-0.05, 0) is 19.1 Å². The summed E-state index contributed by atoms with van der Waals surface area (Å²) in [5.74, 6) is -1.02. The van der Waals surface area contributed by atoms with Crippen LogP contribution in [0.3, 0.4) is 0 Å². The Labute approximate surface area is 82.3 Å². The van der Waals surface area contributed by atoms with Gasteiger partial charge in [0.15, 0.2) is 5.69 Å². The Hall–Kier alpha value is -1.84. The molecule has 0 saturated heterocycles. The third-order valence-corrected chi connectivity index (χ3v) is 1.66. The molecule has 0 spiro atoms. The highest BCUT2D eigenvalue weighted by Gasteiger charge is 2.09. The van der Waals surface area contributed by atoms with Crippen molar-refractivity contribution in [1.29, 1.82) is 0 Å². The van der Waals surface area contributed by atoms with E-state index in [1.165, 1.54) is 6.20 Å². The first-order valence-corrected chi connectivity index (χ1v) is 4.29. The van der Waals surface area contributed by atoms with E-state index < -0.39 is 5.97 Å². The minimum atomic E-state index is -1.02. The molecule has 0 aromatic carbocycles. The first kappa shape index (κ1) is 10.2. The van der Waals surface area contributed by atoms with Crippen molar-refractivity contribution in [3.63, 3.8) is 0 Å². The predicted molar refractivity (Wildman–Crippen MR) is 54.5 cm³/mol. The maximum Gasteiger partial charge on any atom is 0.356 e. The molecule has 0 fully saturated rings. The Morgan fingerprint density at radius 2 is 2.50 bits per heavy atom. The lowest BCUT2D eigenvalue weighted by Crippen LogP contribution is -2.07. The van der Waals surface area contributed by atoms with Gasteiger partial charge in [-0.15, -0.1) is 0 Å². The smallest absolute Gasteiger partial charge is 0.356 e. The monoisotopic (exact) mass is 192 g/mol. The second-order valence-corrected chi connectivity index (χ2v) is 2.65. The Balaban J connectivity index is 2.79. The highest BCUT2D eigenvalue weighted by Crippen LogP contribution is 2.11. The first-order valence-electron chi connectivity index (χ1n) is 4.29. The van der Waals surface area contributed by atoms with E-state index in [9.17, 15) is 4.79 Å². The number of anilines is 1. The first-order chi connectivity index (χ1) is 6.75. The van der Waals surface area contributed by atoms with Crippen LogP contribution in [0, 0.1) is 0 Å². The fourth-order valence-corrected chi connectivity index (χ4v) is 1.01. The van der Waals surface area contributed by atoms with E-state index in [1.807, 2.05) is 19.1 Å². The van der Waals surface area contributed by atoms with Crippen LogP contribution in [0.5, 0.6) is 0 Å². The minimum absolute atomic E-state index is 0.0528. The molecule has 0 radical (unpaired) electrons. The molecular formula is C10H12N2O2. The Kier molecular flexibility index (Phi) is 3.67. The summed E-state index contributed by atoms with van der Waals surface area (Å²) in [5.41, 5.74) is 0.593. The van der Waals surface area contributed by atoms with Gasteiger partial charge in [-0.1, -0.05) is 12.2 Å². The van der Waals surface area contributed by atoms with Crippen molar-refractivity contribution >= 4 is 11.7 Å². The quantitative estimate of drug-likeness (QED) is 0.713. The van der Waals surface area contributed by atoms with E-state index in [1.54, 1.807) is 12.1 Å². The van der Waals surface area contributed by atoms with Crippen molar-refractivity contribution in [1.82, 2.24) is 4.98 Å². The summed E-state index contributed by atoms with van der Waals surface area (Å²) >= 11 is 0. The summed E-state index contributed by atoms with van der Waals surface area (Å²) in [5, 5.41) is 11.8. The average Bonchev–Trinajstić information content (AvgIpc) is 2.19. The van der Waals surface area contributed by atoms with Gasteiger partial charge in [-0.25, -0.2) is 9.78 Å². The highest BCUT2D eigenvalue weighted by atomic mass is 16.4. The number of allylic oxidation sites excluding steroid dienone is 1. The second kappa shape index (κ2) is 5.01. The van der Waals surface area contributed by atoms with Gasteiger partial charge in [0.25, 0.3) is 0 Å². The predicted octanol–water partition coefficient (Wildman–Crippen LogP) is 1.77. The van der Waals surface area contributed by atoms with Gasteiger partial charge >= 0.3 is 5.97 Å². The zero-order valence-corrected chi connectivity index (χ0v) is 7.90. The van der Waals surface area contributed by atoms with E-state index in [0.29, 0.717) is 12.2 Å². The van der Waals surface area contributed by atoms with Crippen molar-refractivity contribution in [2.24, 2.45) is 0 Å². The van der Waals surface area contributed by atoms with Crippen LogP contribution < -0.4 is 5.32 Å². The van der Waals surface area contributed by atoms with Crippen molar-refractivity contribution in [2.45, 2.75) is 6.92 Å². The summed E-state index contributed by atoms with van der Waals surface area (Å²) < 4.78 is 0. The van der Waals surface area contributed by atoms with Crippen molar-refractivity contribution < 1.29 is 9.90 Å². The molecule has 1 rings (SSSR count). The summed E-state index contributed by atoms with van der Waals surface area (Å²) in [6.07, 6.45) is 5.26. The molecule has 4 heteroatoms. The molecule has 14 heavy (non-hydrogen) atoms. The van der Waals surface area contributed by atoms with Crippen LogP contribution in [0.15, 0.2) is 30.5 Å². The molecule has 0 amide bonds. The Bertz CT molecular complexity index is 348. The molecular weight excluding hydrogens is 180 g/mol. The van der Waals surface area contributed by atoms with Gasteiger partial charge in [-0.3, -0.25) is 0 Å². The Morgan fingerprint density at radius 1 is 1.71 bits per heavy atom. The fourth-order valence-electron chi connectivity index (χ4n) is 1.01. The average molecular weight is 192 g/mol. The van der Waals surface area contributed by atoms with Crippen LogP contribution in [0.4, 0.5) is 5.69 Å². The van der Waals surface area contributed by atoms with Gasteiger partial charge < -0.3 is 10.4 Å². The lowest BCUT2D eigenvalue weighted by atomic mass is 10.3. The van der Waals surface area contributed by atoms with Crippen molar-refractivity contribution in [3.8, 4) is 0 Å². The maximum absolute atomic E-state index is 10.7.